The second-order valence-corrected chi connectivity index (χ2v) is 2.63. The molecule has 0 radical (unpaired) electrons. The lowest BCUT2D eigenvalue weighted by atomic mass is 10.2. The Kier molecular flexibility index (Phi) is 3.58. The third-order valence-corrected chi connectivity index (χ3v) is 1.67. The van der Waals surface area contributed by atoms with Crippen molar-refractivity contribution in [2.45, 2.75) is 0 Å². The maximum Gasteiger partial charge on any atom is 0.384 e. The summed E-state index contributed by atoms with van der Waals surface area (Å²) in [6.07, 6.45) is 0. The Bertz CT molecular complexity index is 426. The summed E-state index contributed by atoms with van der Waals surface area (Å²) in [4.78, 5) is 10.7. The lowest BCUT2D eigenvalue weighted by molar-refractivity contribution is -0.133. The number of carbonyl (C=O) groups excluding carboxylic acids is 1. The molecule has 0 saturated carbocycles. The molecule has 78 valence electrons. The molecule has 0 saturated heterocycles. The monoisotopic (exact) mass is 206 g/mol. The van der Waals surface area contributed by atoms with Crippen LogP contribution in [0.3, 0.4) is 0 Å². The summed E-state index contributed by atoms with van der Waals surface area (Å²) in [5.41, 5.74) is 0.513. The van der Waals surface area contributed by atoms with Crippen molar-refractivity contribution in [3.05, 3.63) is 23.8 Å². The minimum absolute atomic E-state index is 0.0193. The molecule has 0 heterocycles. The van der Waals surface area contributed by atoms with Crippen molar-refractivity contribution in [3.8, 4) is 23.3 Å². The molecule has 0 amide bonds. The number of hydrogen-bond donors (Lipinski definition) is 1. The fraction of sp³-hybridized carbons (Fsp3) is 0.182. The van der Waals surface area contributed by atoms with Crippen LogP contribution in [-0.4, -0.2) is 25.3 Å². The zero-order chi connectivity index (χ0) is 11.3. The molecule has 0 fully saturated rings. The lowest BCUT2D eigenvalue weighted by Gasteiger charge is -2.01. The predicted molar refractivity (Wildman–Crippen MR) is 53.6 cm³/mol. The van der Waals surface area contributed by atoms with Gasteiger partial charge in [0, 0.05) is 11.5 Å². The van der Waals surface area contributed by atoms with Crippen LogP contribution in [0.15, 0.2) is 18.2 Å². The quantitative estimate of drug-likeness (QED) is 0.548. The van der Waals surface area contributed by atoms with Crippen LogP contribution in [0.1, 0.15) is 5.56 Å². The molecule has 1 aromatic rings. The maximum absolute atomic E-state index is 10.7. The van der Waals surface area contributed by atoms with E-state index in [1.54, 1.807) is 12.1 Å². The Morgan fingerprint density at radius 1 is 1.40 bits per heavy atom. The van der Waals surface area contributed by atoms with Crippen LogP contribution in [-0.2, 0) is 9.53 Å². The number of aromatic hydroxyl groups is 1. The molecule has 0 aliphatic heterocycles. The van der Waals surface area contributed by atoms with E-state index in [9.17, 15) is 9.90 Å². The number of ether oxygens (including phenoxy) is 2. The Hall–Kier alpha value is -2.15. The van der Waals surface area contributed by atoms with Gasteiger partial charge in [-0.3, -0.25) is 0 Å². The number of benzene rings is 1. The zero-order valence-electron chi connectivity index (χ0n) is 8.40. The van der Waals surface area contributed by atoms with Crippen LogP contribution in [0.4, 0.5) is 0 Å². The van der Waals surface area contributed by atoms with Gasteiger partial charge in [0.1, 0.15) is 0 Å². The van der Waals surface area contributed by atoms with Gasteiger partial charge in [-0.25, -0.2) is 4.79 Å². The molecular weight excluding hydrogens is 196 g/mol. The zero-order valence-corrected chi connectivity index (χ0v) is 8.40. The van der Waals surface area contributed by atoms with E-state index in [-0.39, 0.29) is 5.75 Å². The fourth-order valence-electron chi connectivity index (χ4n) is 0.942. The van der Waals surface area contributed by atoms with Crippen LogP contribution < -0.4 is 4.74 Å². The standard InChI is InChI=1S/C11H10O4/c1-14-10-5-3-8(7-9(10)12)4-6-11(13)15-2/h3,5,7,12H,1-2H3. The smallest absolute Gasteiger partial charge is 0.384 e. The first-order valence-electron chi connectivity index (χ1n) is 4.14. The third-order valence-electron chi connectivity index (χ3n) is 1.67. The molecule has 0 spiro atoms. The van der Waals surface area contributed by atoms with Gasteiger partial charge in [-0.1, -0.05) is 5.92 Å². The Balaban J connectivity index is 2.92. The summed E-state index contributed by atoms with van der Waals surface area (Å²) < 4.78 is 9.20. The van der Waals surface area contributed by atoms with Crippen molar-refractivity contribution < 1.29 is 19.4 Å². The van der Waals surface area contributed by atoms with Gasteiger partial charge in [0.05, 0.1) is 14.2 Å². The highest BCUT2D eigenvalue weighted by molar-refractivity contribution is 5.89. The largest absolute Gasteiger partial charge is 0.504 e. The molecule has 0 atom stereocenters. The number of phenols is 1. The topological polar surface area (TPSA) is 55.8 Å². The first-order valence-corrected chi connectivity index (χ1v) is 4.14. The summed E-state index contributed by atoms with van der Waals surface area (Å²) in [7, 11) is 2.71. The van der Waals surface area contributed by atoms with Crippen molar-refractivity contribution in [3.63, 3.8) is 0 Å². The van der Waals surface area contributed by atoms with E-state index in [0.29, 0.717) is 11.3 Å². The van der Waals surface area contributed by atoms with E-state index in [2.05, 4.69) is 16.6 Å². The van der Waals surface area contributed by atoms with E-state index in [0.717, 1.165) is 0 Å². The summed E-state index contributed by atoms with van der Waals surface area (Å²) >= 11 is 0. The van der Waals surface area contributed by atoms with Crippen molar-refractivity contribution in [1.29, 1.82) is 0 Å². The average Bonchev–Trinajstić information content (AvgIpc) is 2.26. The summed E-state index contributed by atoms with van der Waals surface area (Å²) in [5, 5.41) is 9.40. The predicted octanol–water partition coefficient (Wildman–Crippen LogP) is 0.925. The third kappa shape index (κ3) is 2.92. The summed E-state index contributed by atoms with van der Waals surface area (Å²) in [6.45, 7) is 0. The van der Waals surface area contributed by atoms with Gasteiger partial charge >= 0.3 is 5.97 Å². The fourth-order valence-corrected chi connectivity index (χ4v) is 0.942. The maximum atomic E-state index is 10.7. The van der Waals surface area contributed by atoms with Gasteiger partial charge in [-0.2, -0.15) is 0 Å². The second kappa shape index (κ2) is 4.91. The number of hydrogen-bond acceptors (Lipinski definition) is 4. The summed E-state index contributed by atoms with van der Waals surface area (Å²) in [6, 6.07) is 4.61. The summed E-state index contributed by atoms with van der Waals surface area (Å²) in [5.74, 6) is 4.52. The van der Waals surface area contributed by atoms with Gasteiger partial charge in [0.25, 0.3) is 0 Å². The average molecular weight is 206 g/mol. The molecule has 1 rings (SSSR count). The van der Waals surface area contributed by atoms with E-state index in [1.165, 1.54) is 20.3 Å². The Labute approximate surface area is 87.4 Å². The van der Waals surface area contributed by atoms with E-state index < -0.39 is 5.97 Å². The van der Waals surface area contributed by atoms with E-state index in [1.807, 2.05) is 0 Å². The number of carbonyl (C=O) groups is 1. The molecule has 15 heavy (non-hydrogen) atoms. The second-order valence-electron chi connectivity index (χ2n) is 2.63. The minimum Gasteiger partial charge on any atom is -0.504 e. The highest BCUT2D eigenvalue weighted by Gasteiger charge is 2.00. The van der Waals surface area contributed by atoms with Crippen molar-refractivity contribution in [2.24, 2.45) is 0 Å². The first kappa shape index (κ1) is 10.9. The molecule has 0 aromatic heterocycles. The molecular formula is C11H10O4. The van der Waals surface area contributed by atoms with Crippen molar-refractivity contribution in [2.75, 3.05) is 14.2 Å². The van der Waals surface area contributed by atoms with Gasteiger partial charge in [0.15, 0.2) is 11.5 Å². The minimum atomic E-state index is -0.620. The highest BCUT2D eigenvalue weighted by Crippen LogP contribution is 2.25. The van der Waals surface area contributed by atoms with Crippen molar-refractivity contribution in [1.82, 2.24) is 0 Å². The van der Waals surface area contributed by atoms with Crippen LogP contribution >= 0.6 is 0 Å². The number of esters is 1. The van der Waals surface area contributed by atoms with Crippen LogP contribution in [0.25, 0.3) is 0 Å². The van der Waals surface area contributed by atoms with Gasteiger partial charge in [-0.15, -0.1) is 0 Å². The molecule has 0 unspecified atom stereocenters. The normalized spacial score (nSPS) is 8.67. The lowest BCUT2D eigenvalue weighted by Crippen LogP contribution is -1.94. The Morgan fingerprint density at radius 2 is 2.13 bits per heavy atom. The molecule has 4 heteroatoms. The first-order chi connectivity index (χ1) is 7.17. The molecule has 4 nitrogen and oxygen atoms in total. The molecule has 1 N–H and O–H groups in total. The number of phenolic OH excluding ortho intramolecular Hbond substituents is 1. The van der Waals surface area contributed by atoms with Crippen molar-refractivity contribution >= 4 is 5.97 Å². The van der Waals surface area contributed by atoms with Gasteiger partial charge < -0.3 is 14.6 Å². The number of methoxy groups -OCH3 is 2. The highest BCUT2D eigenvalue weighted by atomic mass is 16.5. The van der Waals surface area contributed by atoms with Crippen LogP contribution in [0.5, 0.6) is 11.5 Å². The van der Waals surface area contributed by atoms with E-state index in [4.69, 9.17) is 4.74 Å². The number of rotatable bonds is 1. The molecule has 0 aliphatic rings. The molecule has 1 aromatic carbocycles. The SMILES string of the molecule is COC(=O)C#Cc1ccc(OC)c(O)c1. The van der Waals surface area contributed by atoms with Crippen LogP contribution in [0.2, 0.25) is 0 Å². The van der Waals surface area contributed by atoms with Gasteiger partial charge in [0.2, 0.25) is 0 Å². The van der Waals surface area contributed by atoms with Crippen LogP contribution in [0, 0.1) is 11.8 Å². The molecule has 0 aliphatic carbocycles. The van der Waals surface area contributed by atoms with Gasteiger partial charge in [-0.05, 0) is 18.2 Å². The van der Waals surface area contributed by atoms with E-state index >= 15 is 0 Å². The molecule has 0 bridgehead atoms. The Morgan fingerprint density at radius 3 is 2.67 bits per heavy atom.